The van der Waals surface area contributed by atoms with E-state index in [4.69, 9.17) is 4.74 Å². The van der Waals surface area contributed by atoms with Gasteiger partial charge in [-0.15, -0.1) is 0 Å². The van der Waals surface area contributed by atoms with E-state index in [0.717, 1.165) is 78.3 Å². The van der Waals surface area contributed by atoms with Crippen LogP contribution in [-0.4, -0.2) is 96.5 Å². The van der Waals surface area contributed by atoms with Gasteiger partial charge < -0.3 is 4.74 Å². The summed E-state index contributed by atoms with van der Waals surface area (Å²) in [6.07, 6.45) is 22.2. The molecule has 0 bridgehead atoms. The number of ether oxygens (including phenoxy) is 1. The minimum atomic E-state index is -0.292. The van der Waals surface area contributed by atoms with Gasteiger partial charge in [-0.3, -0.25) is 19.6 Å². The molecule has 0 fully saturated rings. The molecule has 2 unspecified atom stereocenters. The molecule has 0 amide bonds. The molecule has 0 aromatic heterocycles. The van der Waals surface area contributed by atoms with Crippen LogP contribution >= 0.6 is 0 Å². The van der Waals surface area contributed by atoms with Crippen molar-refractivity contribution in [1.29, 1.82) is 0 Å². The molecule has 0 rings (SSSR count). The molecule has 5 nitrogen and oxygen atoms in total. The van der Waals surface area contributed by atoms with Crippen molar-refractivity contribution >= 4 is 0 Å². The Labute approximate surface area is 285 Å². The Bertz CT molecular complexity index is 549. The van der Waals surface area contributed by atoms with Gasteiger partial charge in [0.2, 0.25) is 0 Å². The van der Waals surface area contributed by atoms with Gasteiger partial charge in [-0.1, -0.05) is 121 Å². The number of unbranched alkanes of at least 4 members (excludes halogenated alkanes) is 8. The zero-order chi connectivity index (χ0) is 33.8. The quantitative estimate of drug-likeness (QED) is 0.0515. The highest BCUT2D eigenvalue weighted by Crippen LogP contribution is 2.36. The monoisotopic (exact) mass is 639 g/mol. The van der Waals surface area contributed by atoms with E-state index in [-0.39, 0.29) is 11.4 Å². The molecule has 0 heterocycles. The Kier molecular flexibility index (Phi) is 28.7. The first-order valence-electron chi connectivity index (χ1n) is 20.5. The number of hydrogen-bond acceptors (Lipinski definition) is 5. The van der Waals surface area contributed by atoms with Crippen molar-refractivity contribution in [2.75, 3.05) is 65.4 Å². The van der Waals surface area contributed by atoms with Gasteiger partial charge in [0, 0.05) is 39.3 Å². The summed E-state index contributed by atoms with van der Waals surface area (Å²) in [4.78, 5) is 11.2. The summed E-state index contributed by atoms with van der Waals surface area (Å²) < 4.78 is 8.19. The highest BCUT2D eigenvalue weighted by atomic mass is 16.6. The van der Waals surface area contributed by atoms with E-state index in [0.29, 0.717) is 0 Å². The van der Waals surface area contributed by atoms with Crippen LogP contribution in [0.3, 0.4) is 0 Å². The predicted molar refractivity (Wildman–Crippen MR) is 202 cm³/mol. The van der Waals surface area contributed by atoms with E-state index < -0.39 is 0 Å². The fourth-order valence-corrected chi connectivity index (χ4v) is 7.32. The first kappa shape index (κ1) is 44.8. The summed E-state index contributed by atoms with van der Waals surface area (Å²) in [5.41, 5.74) is -0.584. The van der Waals surface area contributed by atoms with Gasteiger partial charge in [-0.2, -0.15) is 0 Å². The van der Waals surface area contributed by atoms with Crippen LogP contribution in [0.2, 0.25) is 0 Å². The highest BCUT2D eigenvalue weighted by Gasteiger charge is 2.48. The molecule has 0 saturated heterocycles. The number of nitrogens with zero attached hydrogens (tertiary/aromatic N) is 4. The first-order chi connectivity index (χ1) is 21.9. The molecule has 45 heavy (non-hydrogen) atoms. The smallest absolute Gasteiger partial charge is 0.136 e. The third-order valence-electron chi connectivity index (χ3n) is 9.86. The molecule has 0 aromatic carbocycles. The normalized spacial score (nSPS) is 15.1. The lowest BCUT2D eigenvalue weighted by atomic mass is 9.99. The first-order valence-corrected chi connectivity index (χ1v) is 20.5. The molecule has 0 radical (unpaired) electrons. The largest absolute Gasteiger partial charge is 0.337 e. The van der Waals surface area contributed by atoms with E-state index in [1.807, 2.05) is 0 Å². The van der Waals surface area contributed by atoms with Crippen LogP contribution in [-0.2, 0) is 4.74 Å². The highest BCUT2D eigenvalue weighted by molar-refractivity contribution is 4.93. The van der Waals surface area contributed by atoms with E-state index in [1.165, 1.54) is 103 Å². The Balaban J connectivity index is 7.27. The van der Waals surface area contributed by atoms with Gasteiger partial charge >= 0.3 is 0 Å². The van der Waals surface area contributed by atoms with Crippen LogP contribution in [0.1, 0.15) is 185 Å². The zero-order valence-corrected chi connectivity index (χ0v) is 33.0. The fourth-order valence-electron chi connectivity index (χ4n) is 7.32. The van der Waals surface area contributed by atoms with Crippen LogP contribution in [0.5, 0.6) is 0 Å². The van der Waals surface area contributed by atoms with E-state index >= 15 is 0 Å². The van der Waals surface area contributed by atoms with Crippen molar-refractivity contribution in [3.63, 3.8) is 0 Å². The average Bonchev–Trinajstić information content (AvgIpc) is 3.03. The molecule has 0 N–H and O–H groups in total. The van der Waals surface area contributed by atoms with Gasteiger partial charge in [0.25, 0.3) is 0 Å². The second-order valence-electron chi connectivity index (χ2n) is 14.1. The Hall–Kier alpha value is -0.200. The fraction of sp³-hybridized carbons (Fsp3) is 1.00. The molecule has 0 aromatic rings. The average molecular weight is 639 g/mol. The maximum Gasteiger partial charge on any atom is 0.136 e. The van der Waals surface area contributed by atoms with Gasteiger partial charge in [-0.05, 0) is 90.4 Å². The summed E-state index contributed by atoms with van der Waals surface area (Å²) in [5.74, 6) is 0. The van der Waals surface area contributed by atoms with E-state index in [2.05, 4.69) is 88.8 Å². The van der Waals surface area contributed by atoms with Crippen LogP contribution < -0.4 is 0 Å². The molecule has 0 aliphatic carbocycles. The molecule has 2 atom stereocenters. The van der Waals surface area contributed by atoms with Crippen LogP contribution in [0, 0.1) is 0 Å². The molecule has 0 aliphatic rings. The standard InChI is InChI=1S/C40H86N4O/c1-11-21-25-33-43(34-26-22-12-2)39(19-9,37-41(29-15-5)30-16-6)45-40(20-10,38-42(31-17-7)32-18-8)44(35-27-23-13-3)36-28-24-14-4/h11-38H2,1-10H3. The van der Waals surface area contributed by atoms with Crippen molar-refractivity contribution < 1.29 is 4.74 Å². The summed E-state index contributed by atoms with van der Waals surface area (Å²) >= 11 is 0. The molecule has 5 heteroatoms. The van der Waals surface area contributed by atoms with Crippen LogP contribution in [0.4, 0.5) is 0 Å². The van der Waals surface area contributed by atoms with Crippen molar-refractivity contribution in [2.45, 2.75) is 196 Å². The maximum absolute atomic E-state index is 8.19. The predicted octanol–water partition coefficient (Wildman–Crippen LogP) is 10.8. The third kappa shape index (κ3) is 17.7. The second-order valence-corrected chi connectivity index (χ2v) is 14.1. The zero-order valence-electron chi connectivity index (χ0n) is 33.0. The van der Waals surface area contributed by atoms with E-state index in [1.54, 1.807) is 0 Å². The third-order valence-corrected chi connectivity index (χ3v) is 9.86. The Morgan fingerprint density at radius 1 is 0.333 bits per heavy atom. The SMILES string of the molecule is CCCCCN(CCCCC)C(CC)(CN(CCC)CCC)OC(CC)(CN(CCC)CCC)N(CCCCC)CCCCC. The Morgan fingerprint density at radius 2 is 0.600 bits per heavy atom. The van der Waals surface area contributed by atoms with Gasteiger partial charge in [-0.25, -0.2) is 0 Å². The van der Waals surface area contributed by atoms with Crippen LogP contribution in [0.25, 0.3) is 0 Å². The van der Waals surface area contributed by atoms with Gasteiger partial charge in [0.15, 0.2) is 0 Å². The second kappa shape index (κ2) is 28.8. The van der Waals surface area contributed by atoms with Crippen molar-refractivity contribution in [3.8, 4) is 0 Å². The van der Waals surface area contributed by atoms with Gasteiger partial charge in [0.1, 0.15) is 11.4 Å². The summed E-state index contributed by atoms with van der Waals surface area (Å²) in [6, 6.07) is 0. The summed E-state index contributed by atoms with van der Waals surface area (Å²) in [6.45, 7) is 34.9. The minimum absolute atomic E-state index is 0.292. The summed E-state index contributed by atoms with van der Waals surface area (Å²) in [7, 11) is 0. The Morgan fingerprint density at radius 3 is 0.800 bits per heavy atom. The molecule has 272 valence electrons. The van der Waals surface area contributed by atoms with Crippen LogP contribution in [0.15, 0.2) is 0 Å². The van der Waals surface area contributed by atoms with Gasteiger partial charge in [0.05, 0.1) is 0 Å². The molecular weight excluding hydrogens is 552 g/mol. The topological polar surface area (TPSA) is 22.2 Å². The maximum atomic E-state index is 8.19. The molecule has 0 aliphatic heterocycles. The lowest BCUT2D eigenvalue weighted by molar-refractivity contribution is -0.291. The summed E-state index contributed by atoms with van der Waals surface area (Å²) in [5, 5.41) is 0. The molecule has 0 spiro atoms. The van der Waals surface area contributed by atoms with Crippen molar-refractivity contribution in [1.82, 2.24) is 19.6 Å². The van der Waals surface area contributed by atoms with Crippen molar-refractivity contribution in [2.24, 2.45) is 0 Å². The van der Waals surface area contributed by atoms with Crippen molar-refractivity contribution in [3.05, 3.63) is 0 Å². The number of hydrogen-bond donors (Lipinski definition) is 0. The molecular formula is C40H86N4O. The van der Waals surface area contributed by atoms with E-state index in [9.17, 15) is 0 Å². The number of rotatable bonds is 34. The lowest BCUT2D eigenvalue weighted by Gasteiger charge is -2.55. The lowest BCUT2D eigenvalue weighted by Crippen LogP contribution is -2.67. The minimum Gasteiger partial charge on any atom is -0.337 e. The molecule has 0 saturated carbocycles.